The van der Waals surface area contributed by atoms with Gasteiger partial charge in [0.05, 0.1) is 11.5 Å². The molecule has 1 aliphatic heterocycles. The van der Waals surface area contributed by atoms with Crippen LogP contribution in [0.15, 0.2) is 73.1 Å². The standard InChI is InChI=1S/C24H22FN3O2/c25-21-10-8-17(9-11-21)18-4-1-7-22(14-18)27-23(29)20-6-3-13-28(16-20)24(30)19-5-2-12-26-15-19/h1-2,4-5,7-12,14-15,20H,3,6,13,16H2,(H,27,29)/t20-/m0/s1. The smallest absolute Gasteiger partial charge is 0.255 e. The molecule has 2 heterocycles. The van der Waals surface area contributed by atoms with Gasteiger partial charge in [-0.2, -0.15) is 0 Å². The lowest BCUT2D eigenvalue weighted by Gasteiger charge is -2.32. The highest BCUT2D eigenvalue weighted by Crippen LogP contribution is 2.25. The number of carbonyl (C=O) groups is 2. The molecule has 0 bridgehead atoms. The first-order chi connectivity index (χ1) is 14.6. The van der Waals surface area contributed by atoms with E-state index in [9.17, 15) is 14.0 Å². The number of rotatable bonds is 4. The van der Waals surface area contributed by atoms with Crippen LogP contribution < -0.4 is 5.32 Å². The summed E-state index contributed by atoms with van der Waals surface area (Å²) in [6, 6.07) is 17.2. The van der Waals surface area contributed by atoms with Crippen molar-refractivity contribution >= 4 is 17.5 Å². The van der Waals surface area contributed by atoms with E-state index in [1.54, 1.807) is 41.6 Å². The number of nitrogens with one attached hydrogen (secondary N) is 1. The predicted octanol–water partition coefficient (Wildman–Crippen LogP) is 4.38. The Bertz CT molecular complexity index is 1040. The number of amides is 2. The van der Waals surface area contributed by atoms with E-state index < -0.39 is 0 Å². The van der Waals surface area contributed by atoms with Gasteiger partial charge >= 0.3 is 0 Å². The van der Waals surface area contributed by atoms with E-state index >= 15 is 0 Å². The Kier molecular flexibility index (Phi) is 5.84. The van der Waals surface area contributed by atoms with Gasteiger partial charge in [0.2, 0.25) is 5.91 Å². The zero-order valence-corrected chi connectivity index (χ0v) is 16.4. The highest BCUT2D eigenvalue weighted by Gasteiger charge is 2.29. The molecule has 1 fully saturated rings. The zero-order valence-electron chi connectivity index (χ0n) is 16.4. The maximum atomic E-state index is 13.2. The molecule has 1 aliphatic rings. The minimum Gasteiger partial charge on any atom is -0.338 e. The lowest BCUT2D eigenvalue weighted by atomic mass is 9.96. The van der Waals surface area contributed by atoms with E-state index in [0.717, 1.165) is 24.0 Å². The molecule has 30 heavy (non-hydrogen) atoms. The summed E-state index contributed by atoms with van der Waals surface area (Å²) >= 11 is 0. The van der Waals surface area contributed by atoms with Crippen molar-refractivity contribution in [3.05, 3.63) is 84.4 Å². The average molecular weight is 403 g/mol. The molecule has 0 unspecified atom stereocenters. The summed E-state index contributed by atoms with van der Waals surface area (Å²) in [5.41, 5.74) is 2.98. The third-order valence-electron chi connectivity index (χ3n) is 5.30. The molecule has 6 heteroatoms. The van der Waals surface area contributed by atoms with Gasteiger partial charge in [-0.05, 0) is 60.4 Å². The number of hydrogen-bond donors (Lipinski definition) is 1. The van der Waals surface area contributed by atoms with Crippen molar-refractivity contribution in [2.24, 2.45) is 5.92 Å². The van der Waals surface area contributed by atoms with Gasteiger partial charge in [-0.1, -0.05) is 24.3 Å². The fraction of sp³-hybridized carbons (Fsp3) is 0.208. The van der Waals surface area contributed by atoms with Gasteiger partial charge in [0.25, 0.3) is 5.91 Å². The number of anilines is 1. The predicted molar refractivity (Wildman–Crippen MR) is 113 cm³/mol. The van der Waals surface area contributed by atoms with Crippen LogP contribution in [0.25, 0.3) is 11.1 Å². The van der Waals surface area contributed by atoms with Crippen molar-refractivity contribution < 1.29 is 14.0 Å². The highest BCUT2D eigenvalue weighted by molar-refractivity contribution is 5.96. The molecule has 5 nitrogen and oxygen atoms in total. The van der Waals surface area contributed by atoms with E-state index in [1.165, 1.54) is 12.1 Å². The first-order valence-electron chi connectivity index (χ1n) is 9.96. The van der Waals surface area contributed by atoms with Crippen LogP contribution in [-0.4, -0.2) is 34.8 Å². The van der Waals surface area contributed by atoms with Gasteiger partial charge in [-0.25, -0.2) is 4.39 Å². The molecule has 2 amide bonds. The molecular formula is C24H22FN3O2. The summed E-state index contributed by atoms with van der Waals surface area (Å²) in [4.78, 5) is 31.3. The first-order valence-corrected chi connectivity index (χ1v) is 9.96. The molecule has 0 saturated carbocycles. The number of pyridine rings is 1. The SMILES string of the molecule is O=C(Nc1cccc(-c2ccc(F)cc2)c1)[C@H]1CCCN(C(=O)c2cccnc2)C1. The number of aromatic nitrogens is 1. The number of nitrogens with zero attached hydrogens (tertiary/aromatic N) is 2. The monoisotopic (exact) mass is 403 g/mol. The minimum atomic E-state index is -0.286. The topological polar surface area (TPSA) is 62.3 Å². The Hall–Kier alpha value is -3.54. The minimum absolute atomic E-state index is 0.0982. The molecule has 1 aromatic heterocycles. The van der Waals surface area contributed by atoms with Crippen molar-refractivity contribution in [1.82, 2.24) is 9.88 Å². The number of benzene rings is 2. The maximum Gasteiger partial charge on any atom is 0.255 e. The Morgan fingerprint density at radius 3 is 2.63 bits per heavy atom. The van der Waals surface area contributed by atoms with Crippen molar-refractivity contribution in [2.75, 3.05) is 18.4 Å². The largest absolute Gasteiger partial charge is 0.338 e. The van der Waals surface area contributed by atoms with E-state index in [2.05, 4.69) is 10.3 Å². The average Bonchev–Trinajstić information content (AvgIpc) is 2.80. The van der Waals surface area contributed by atoms with E-state index in [1.807, 2.05) is 24.3 Å². The van der Waals surface area contributed by atoms with Crippen LogP contribution in [0.5, 0.6) is 0 Å². The maximum absolute atomic E-state index is 13.2. The molecule has 0 radical (unpaired) electrons. The molecule has 1 N–H and O–H groups in total. The number of piperidine rings is 1. The second-order valence-corrected chi connectivity index (χ2v) is 7.41. The van der Waals surface area contributed by atoms with E-state index in [0.29, 0.717) is 24.3 Å². The van der Waals surface area contributed by atoms with Crippen LogP contribution in [0, 0.1) is 11.7 Å². The quantitative estimate of drug-likeness (QED) is 0.703. The van der Waals surface area contributed by atoms with Crippen LogP contribution in [0.2, 0.25) is 0 Å². The van der Waals surface area contributed by atoms with Crippen LogP contribution in [0.4, 0.5) is 10.1 Å². The number of carbonyl (C=O) groups excluding carboxylic acids is 2. The van der Waals surface area contributed by atoms with Crippen molar-refractivity contribution in [2.45, 2.75) is 12.8 Å². The van der Waals surface area contributed by atoms with Gasteiger partial charge in [-0.15, -0.1) is 0 Å². The summed E-state index contributed by atoms with van der Waals surface area (Å²) in [6.07, 6.45) is 4.69. The van der Waals surface area contributed by atoms with Crippen LogP contribution in [0.1, 0.15) is 23.2 Å². The van der Waals surface area contributed by atoms with Crippen LogP contribution >= 0.6 is 0 Å². The lowest BCUT2D eigenvalue weighted by molar-refractivity contribution is -0.121. The van der Waals surface area contributed by atoms with Gasteiger partial charge in [0.15, 0.2) is 0 Å². The summed E-state index contributed by atoms with van der Waals surface area (Å²) in [7, 11) is 0. The summed E-state index contributed by atoms with van der Waals surface area (Å²) in [5.74, 6) is -0.756. The molecule has 1 atom stereocenters. The summed E-state index contributed by atoms with van der Waals surface area (Å²) < 4.78 is 13.2. The molecule has 1 saturated heterocycles. The fourth-order valence-electron chi connectivity index (χ4n) is 3.71. The zero-order chi connectivity index (χ0) is 20.9. The van der Waals surface area contributed by atoms with Crippen molar-refractivity contribution in [1.29, 1.82) is 0 Å². The molecular weight excluding hydrogens is 381 g/mol. The summed E-state index contributed by atoms with van der Waals surface area (Å²) in [5, 5.41) is 2.97. The highest BCUT2D eigenvalue weighted by atomic mass is 19.1. The Labute approximate surface area is 174 Å². The van der Waals surface area contributed by atoms with Crippen LogP contribution in [-0.2, 0) is 4.79 Å². The third-order valence-corrected chi connectivity index (χ3v) is 5.30. The normalized spacial score (nSPS) is 16.2. The van der Waals surface area contributed by atoms with E-state index in [4.69, 9.17) is 0 Å². The fourth-order valence-corrected chi connectivity index (χ4v) is 3.71. The molecule has 2 aromatic carbocycles. The molecule has 4 rings (SSSR count). The second kappa shape index (κ2) is 8.86. The van der Waals surface area contributed by atoms with Gasteiger partial charge in [-0.3, -0.25) is 14.6 Å². The Morgan fingerprint density at radius 2 is 1.87 bits per heavy atom. The number of hydrogen-bond acceptors (Lipinski definition) is 3. The summed E-state index contributed by atoms with van der Waals surface area (Å²) in [6.45, 7) is 1.02. The van der Waals surface area contributed by atoms with Crippen molar-refractivity contribution in [3.8, 4) is 11.1 Å². The molecule has 152 valence electrons. The van der Waals surface area contributed by atoms with Gasteiger partial charge < -0.3 is 10.2 Å². The van der Waals surface area contributed by atoms with Gasteiger partial charge in [0, 0.05) is 31.2 Å². The van der Waals surface area contributed by atoms with Crippen molar-refractivity contribution in [3.63, 3.8) is 0 Å². The first kappa shape index (κ1) is 19.8. The molecule has 0 aliphatic carbocycles. The lowest BCUT2D eigenvalue weighted by Crippen LogP contribution is -2.43. The second-order valence-electron chi connectivity index (χ2n) is 7.41. The Balaban J connectivity index is 1.43. The molecule has 0 spiro atoms. The Morgan fingerprint density at radius 1 is 1.03 bits per heavy atom. The third kappa shape index (κ3) is 4.54. The molecule has 3 aromatic rings. The van der Waals surface area contributed by atoms with Gasteiger partial charge in [0.1, 0.15) is 5.82 Å². The number of likely N-dealkylation sites (tertiary alicyclic amines) is 1. The van der Waals surface area contributed by atoms with E-state index in [-0.39, 0.29) is 23.5 Å². The number of halogens is 1. The van der Waals surface area contributed by atoms with Crippen LogP contribution in [0.3, 0.4) is 0 Å².